The van der Waals surface area contributed by atoms with Crippen LogP contribution in [0, 0.1) is 0 Å². The van der Waals surface area contributed by atoms with E-state index in [1.807, 2.05) is 12.3 Å². The van der Waals surface area contributed by atoms with E-state index in [2.05, 4.69) is 26.3 Å². The lowest BCUT2D eigenvalue weighted by Gasteiger charge is -2.01. The Hall–Kier alpha value is -2.57. The van der Waals surface area contributed by atoms with Crippen LogP contribution in [-0.2, 0) is 0 Å². The third kappa shape index (κ3) is 1.55. The predicted octanol–water partition coefficient (Wildman–Crippen LogP) is 1.16. The minimum Gasteiger partial charge on any atom is -0.382 e. The number of rotatable bonds is 2. The van der Waals surface area contributed by atoms with Gasteiger partial charge in [0.2, 0.25) is 5.95 Å². The van der Waals surface area contributed by atoms with Gasteiger partial charge in [0.15, 0.2) is 5.82 Å². The van der Waals surface area contributed by atoms with E-state index in [0.717, 1.165) is 16.8 Å². The van der Waals surface area contributed by atoms with E-state index in [1.54, 1.807) is 4.52 Å². The molecule has 0 aliphatic heterocycles. The minimum absolute atomic E-state index is 0.160. The SMILES string of the molecule is Nc1nc(N)c2c(-c3cc(C4CC4)[nH]n3)ccn2n1. The normalized spacial score (nSPS) is 15.2. The van der Waals surface area contributed by atoms with Crippen LogP contribution in [0.1, 0.15) is 24.5 Å². The topological polar surface area (TPSA) is 111 Å². The Morgan fingerprint density at radius 2 is 2.16 bits per heavy atom. The monoisotopic (exact) mass is 255 g/mol. The van der Waals surface area contributed by atoms with Crippen LogP contribution in [0.5, 0.6) is 0 Å². The van der Waals surface area contributed by atoms with Crippen LogP contribution >= 0.6 is 0 Å². The second-order valence-corrected chi connectivity index (χ2v) is 4.86. The van der Waals surface area contributed by atoms with Crippen molar-refractivity contribution in [2.24, 2.45) is 0 Å². The molecule has 5 N–H and O–H groups in total. The van der Waals surface area contributed by atoms with Gasteiger partial charge in [-0.05, 0) is 25.0 Å². The molecule has 0 saturated heterocycles. The molecule has 0 atom stereocenters. The average Bonchev–Trinajstić information content (AvgIpc) is 2.95. The Kier molecular flexibility index (Phi) is 1.89. The van der Waals surface area contributed by atoms with Gasteiger partial charge in [-0.1, -0.05) is 0 Å². The standard InChI is InChI=1S/C12H13N7/c13-11-10-7(3-4-19(10)18-12(14)15-11)9-5-8(16-17-9)6-1-2-6/h3-6H,1-2H2,(H,16,17)(H4,13,14,15,18). The Morgan fingerprint density at radius 1 is 1.32 bits per heavy atom. The molecule has 96 valence electrons. The molecule has 3 aromatic heterocycles. The zero-order valence-electron chi connectivity index (χ0n) is 10.2. The predicted molar refractivity (Wildman–Crippen MR) is 71.4 cm³/mol. The summed E-state index contributed by atoms with van der Waals surface area (Å²) in [4.78, 5) is 4.00. The molecule has 3 heterocycles. The lowest BCUT2D eigenvalue weighted by Crippen LogP contribution is -2.05. The molecule has 1 saturated carbocycles. The first-order valence-electron chi connectivity index (χ1n) is 6.18. The summed E-state index contributed by atoms with van der Waals surface area (Å²) >= 11 is 0. The lowest BCUT2D eigenvalue weighted by atomic mass is 10.2. The first kappa shape index (κ1) is 10.4. The van der Waals surface area contributed by atoms with Gasteiger partial charge in [0.1, 0.15) is 5.52 Å². The van der Waals surface area contributed by atoms with Crippen molar-refractivity contribution in [1.29, 1.82) is 0 Å². The highest BCUT2D eigenvalue weighted by atomic mass is 15.3. The van der Waals surface area contributed by atoms with E-state index in [4.69, 9.17) is 11.5 Å². The molecule has 3 aromatic rings. The van der Waals surface area contributed by atoms with Crippen LogP contribution in [0.3, 0.4) is 0 Å². The van der Waals surface area contributed by atoms with Gasteiger partial charge < -0.3 is 11.5 Å². The summed E-state index contributed by atoms with van der Waals surface area (Å²) in [5, 5.41) is 11.5. The molecule has 19 heavy (non-hydrogen) atoms. The Morgan fingerprint density at radius 3 is 2.95 bits per heavy atom. The van der Waals surface area contributed by atoms with Crippen molar-refractivity contribution in [1.82, 2.24) is 24.8 Å². The molecule has 1 aliphatic rings. The fraction of sp³-hybridized carbons (Fsp3) is 0.250. The fourth-order valence-corrected chi connectivity index (χ4v) is 2.35. The van der Waals surface area contributed by atoms with Crippen molar-refractivity contribution in [2.75, 3.05) is 11.5 Å². The molecular weight excluding hydrogens is 242 g/mol. The zero-order valence-corrected chi connectivity index (χ0v) is 10.2. The van der Waals surface area contributed by atoms with Gasteiger partial charge in [-0.3, -0.25) is 5.10 Å². The van der Waals surface area contributed by atoms with Crippen LogP contribution in [0.25, 0.3) is 16.8 Å². The molecule has 0 bridgehead atoms. The van der Waals surface area contributed by atoms with E-state index < -0.39 is 0 Å². The van der Waals surface area contributed by atoms with Crippen molar-refractivity contribution >= 4 is 17.3 Å². The molecule has 0 spiro atoms. The number of nitrogens with two attached hydrogens (primary N) is 2. The van der Waals surface area contributed by atoms with E-state index >= 15 is 0 Å². The number of aromatic nitrogens is 5. The smallest absolute Gasteiger partial charge is 0.240 e. The number of nitrogens with zero attached hydrogens (tertiary/aromatic N) is 4. The Balaban J connectivity index is 1.89. The molecular formula is C12H13N7. The molecule has 0 unspecified atom stereocenters. The summed E-state index contributed by atoms with van der Waals surface area (Å²) in [7, 11) is 0. The lowest BCUT2D eigenvalue weighted by molar-refractivity contribution is 0.921. The Labute approximate surface area is 108 Å². The highest BCUT2D eigenvalue weighted by molar-refractivity contribution is 5.86. The van der Waals surface area contributed by atoms with Gasteiger partial charge in [0.25, 0.3) is 0 Å². The summed E-state index contributed by atoms with van der Waals surface area (Å²) in [6.45, 7) is 0. The number of aromatic amines is 1. The number of H-pyrrole nitrogens is 1. The number of nitrogens with one attached hydrogen (secondary N) is 1. The van der Waals surface area contributed by atoms with Crippen LogP contribution in [0.4, 0.5) is 11.8 Å². The molecule has 0 aromatic carbocycles. The third-order valence-corrected chi connectivity index (χ3v) is 3.45. The summed E-state index contributed by atoms with van der Waals surface area (Å²) < 4.78 is 1.64. The largest absolute Gasteiger partial charge is 0.382 e. The van der Waals surface area contributed by atoms with Crippen molar-refractivity contribution < 1.29 is 0 Å². The van der Waals surface area contributed by atoms with E-state index in [1.165, 1.54) is 18.5 Å². The second kappa shape index (κ2) is 3.47. The van der Waals surface area contributed by atoms with Crippen LogP contribution in [0.2, 0.25) is 0 Å². The number of fused-ring (bicyclic) bond motifs is 1. The fourth-order valence-electron chi connectivity index (χ4n) is 2.35. The zero-order chi connectivity index (χ0) is 13.0. The number of anilines is 2. The first-order valence-corrected chi connectivity index (χ1v) is 6.18. The quantitative estimate of drug-likeness (QED) is 0.636. The van der Waals surface area contributed by atoms with Gasteiger partial charge in [-0.2, -0.15) is 10.1 Å². The van der Waals surface area contributed by atoms with Gasteiger partial charge in [0, 0.05) is 23.4 Å². The van der Waals surface area contributed by atoms with E-state index in [-0.39, 0.29) is 5.95 Å². The number of nitrogen functional groups attached to an aromatic ring is 2. The summed E-state index contributed by atoms with van der Waals surface area (Å²) in [5.41, 5.74) is 15.2. The molecule has 0 radical (unpaired) electrons. The van der Waals surface area contributed by atoms with Crippen molar-refractivity contribution in [3.63, 3.8) is 0 Å². The van der Waals surface area contributed by atoms with E-state index in [9.17, 15) is 0 Å². The minimum atomic E-state index is 0.160. The van der Waals surface area contributed by atoms with Gasteiger partial charge >= 0.3 is 0 Å². The Bertz CT molecular complexity index is 766. The number of hydrogen-bond acceptors (Lipinski definition) is 5. The van der Waals surface area contributed by atoms with Crippen molar-refractivity contribution in [3.05, 3.63) is 24.0 Å². The first-order chi connectivity index (χ1) is 9.22. The highest BCUT2D eigenvalue weighted by Gasteiger charge is 2.26. The van der Waals surface area contributed by atoms with Crippen molar-refractivity contribution in [3.8, 4) is 11.3 Å². The molecule has 4 rings (SSSR count). The molecule has 7 heteroatoms. The molecule has 0 amide bonds. The number of hydrogen-bond donors (Lipinski definition) is 3. The molecule has 1 aliphatic carbocycles. The summed E-state index contributed by atoms with van der Waals surface area (Å²) in [6.07, 6.45) is 4.28. The highest BCUT2D eigenvalue weighted by Crippen LogP contribution is 2.40. The van der Waals surface area contributed by atoms with Crippen molar-refractivity contribution in [2.45, 2.75) is 18.8 Å². The van der Waals surface area contributed by atoms with Crippen LogP contribution in [-0.4, -0.2) is 24.8 Å². The van der Waals surface area contributed by atoms with Gasteiger partial charge in [-0.25, -0.2) is 4.52 Å². The maximum atomic E-state index is 5.93. The second-order valence-electron chi connectivity index (χ2n) is 4.86. The third-order valence-electron chi connectivity index (χ3n) is 3.45. The summed E-state index contributed by atoms with van der Waals surface area (Å²) in [5.74, 6) is 1.16. The van der Waals surface area contributed by atoms with Crippen LogP contribution in [0.15, 0.2) is 18.3 Å². The van der Waals surface area contributed by atoms with Crippen LogP contribution < -0.4 is 11.5 Å². The summed E-state index contributed by atoms with van der Waals surface area (Å²) in [6, 6.07) is 4.00. The molecule has 7 nitrogen and oxygen atoms in total. The van der Waals surface area contributed by atoms with Gasteiger partial charge in [-0.15, -0.1) is 5.10 Å². The van der Waals surface area contributed by atoms with Gasteiger partial charge in [0.05, 0.1) is 5.69 Å². The molecule has 1 fully saturated rings. The average molecular weight is 255 g/mol. The maximum absolute atomic E-state index is 5.93. The maximum Gasteiger partial charge on any atom is 0.240 e. The van der Waals surface area contributed by atoms with E-state index in [0.29, 0.717) is 11.7 Å².